The molecule has 3 heteroatoms. The van der Waals surface area contributed by atoms with Crippen molar-refractivity contribution in [3.8, 4) is 0 Å². The molecule has 0 aromatic heterocycles. The predicted octanol–water partition coefficient (Wildman–Crippen LogP) is 3.09. The largest absolute Gasteiger partial charge is 0.459 e. The van der Waals surface area contributed by atoms with E-state index in [4.69, 9.17) is 9.47 Å². The molecule has 1 fully saturated rings. The third kappa shape index (κ3) is 3.84. The van der Waals surface area contributed by atoms with Crippen LogP contribution in [0.1, 0.15) is 46.5 Å². The first-order chi connectivity index (χ1) is 7.89. The molecule has 1 rings (SSSR count). The molecule has 1 aliphatic rings. The van der Waals surface area contributed by atoms with Crippen molar-refractivity contribution >= 4 is 5.97 Å². The van der Waals surface area contributed by atoms with E-state index in [1.54, 1.807) is 7.11 Å². The molecule has 17 heavy (non-hydrogen) atoms. The summed E-state index contributed by atoms with van der Waals surface area (Å²) in [7, 11) is 1.67. The third-order valence-corrected chi connectivity index (χ3v) is 3.61. The van der Waals surface area contributed by atoms with E-state index in [1.807, 2.05) is 20.8 Å². The summed E-state index contributed by atoms with van der Waals surface area (Å²) in [5, 5.41) is 0. The van der Waals surface area contributed by atoms with Crippen molar-refractivity contribution in [1.29, 1.82) is 0 Å². The van der Waals surface area contributed by atoms with Gasteiger partial charge in [-0.15, -0.1) is 0 Å². The van der Waals surface area contributed by atoms with Gasteiger partial charge >= 0.3 is 5.97 Å². The van der Waals surface area contributed by atoms with Crippen LogP contribution in [0.3, 0.4) is 0 Å². The molecule has 0 bridgehead atoms. The molecular weight excluding hydrogens is 216 g/mol. The number of rotatable bonds is 4. The van der Waals surface area contributed by atoms with Crippen molar-refractivity contribution < 1.29 is 14.3 Å². The summed E-state index contributed by atoms with van der Waals surface area (Å²) >= 11 is 0. The van der Waals surface area contributed by atoms with Crippen molar-refractivity contribution in [3.63, 3.8) is 0 Å². The van der Waals surface area contributed by atoms with Gasteiger partial charge in [-0.3, -0.25) is 4.79 Å². The van der Waals surface area contributed by atoms with Crippen molar-refractivity contribution in [1.82, 2.24) is 0 Å². The number of ether oxygens (including phenoxy) is 2. The summed E-state index contributed by atoms with van der Waals surface area (Å²) in [5.41, 5.74) is 0.722. The van der Waals surface area contributed by atoms with E-state index < -0.39 is 0 Å². The quantitative estimate of drug-likeness (QED) is 0.559. The lowest BCUT2D eigenvalue weighted by atomic mass is 9.84. The number of methoxy groups -OCH3 is 1. The highest BCUT2D eigenvalue weighted by molar-refractivity contribution is 5.73. The monoisotopic (exact) mass is 240 g/mol. The molecule has 0 heterocycles. The summed E-state index contributed by atoms with van der Waals surface area (Å²) in [6.45, 7) is 9.89. The van der Waals surface area contributed by atoms with Gasteiger partial charge in [-0.05, 0) is 45.1 Å². The highest BCUT2D eigenvalue weighted by atomic mass is 16.6. The van der Waals surface area contributed by atoms with Crippen molar-refractivity contribution in [3.05, 3.63) is 12.2 Å². The number of hydrogen-bond donors (Lipinski definition) is 0. The molecule has 0 aromatic rings. The molecule has 1 aliphatic carbocycles. The fraction of sp³-hybridized carbons (Fsp3) is 0.786. The Morgan fingerprint density at radius 1 is 1.53 bits per heavy atom. The Balaban J connectivity index is 2.56. The Labute approximate surface area is 104 Å². The molecule has 2 unspecified atom stereocenters. The second kappa shape index (κ2) is 5.67. The summed E-state index contributed by atoms with van der Waals surface area (Å²) in [4.78, 5) is 12.0. The molecule has 98 valence electrons. The van der Waals surface area contributed by atoms with Gasteiger partial charge in [-0.25, -0.2) is 0 Å². The Morgan fingerprint density at radius 2 is 2.18 bits per heavy atom. The van der Waals surface area contributed by atoms with Crippen molar-refractivity contribution in [2.24, 2.45) is 5.92 Å². The maximum Gasteiger partial charge on any atom is 0.309 e. The predicted molar refractivity (Wildman–Crippen MR) is 67.7 cm³/mol. The van der Waals surface area contributed by atoms with Crippen LogP contribution in [0, 0.1) is 5.92 Å². The van der Waals surface area contributed by atoms with Gasteiger partial charge in [0, 0.05) is 7.11 Å². The van der Waals surface area contributed by atoms with Crippen LogP contribution in [0.5, 0.6) is 0 Å². The molecule has 0 spiro atoms. The van der Waals surface area contributed by atoms with Crippen LogP contribution in [0.25, 0.3) is 0 Å². The molecule has 0 N–H and O–H groups in total. The van der Waals surface area contributed by atoms with Crippen LogP contribution < -0.4 is 0 Å². The van der Waals surface area contributed by atoms with E-state index in [1.165, 1.54) is 0 Å². The Hall–Kier alpha value is -0.830. The van der Waals surface area contributed by atoms with Crippen LogP contribution in [0.4, 0.5) is 0 Å². The van der Waals surface area contributed by atoms with Crippen molar-refractivity contribution in [2.45, 2.75) is 58.2 Å². The van der Waals surface area contributed by atoms with Crippen LogP contribution in [0.15, 0.2) is 12.2 Å². The third-order valence-electron chi connectivity index (χ3n) is 3.61. The zero-order valence-corrected chi connectivity index (χ0v) is 11.4. The number of hydrogen-bond acceptors (Lipinski definition) is 3. The zero-order valence-electron chi connectivity index (χ0n) is 11.4. The molecule has 0 aromatic carbocycles. The summed E-state index contributed by atoms with van der Waals surface area (Å²) in [6.07, 6.45) is 3.22. The number of esters is 1. The van der Waals surface area contributed by atoms with Crippen LogP contribution in [0.2, 0.25) is 0 Å². The first kappa shape index (κ1) is 14.2. The van der Waals surface area contributed by atoms with Gasteiger partial charge in [0.1, 0.15) is 5.60 Å². The lowest BCUT2D eigenvalue weighted by Crippen LogP contribution is -2.35. The van der Waals surface area contributed by atoms with Crippen LogP contribution >= 0.6 is 0 Å². The summed E-state index contributed by atoms with van der Waals surface area (Å²) < 4.78 is 10.9. The number of carbonyl (C=O) groups is 1. The van der Waals surface area contributed by atoms with E-state index in [0.717, 1.165) is 24.8 Å². The second-order valence-electron chi connectivity index (χ2n) is 5.39. The Kier molecular flexibility index (Phi) is 4.75. The first-order valence-electron chi connectivity index (χ1n) is 6.33. The van der Waals surface area contributed by atoms with Crippen LogP contribution in [-0.2, 0) is 14.3 Å². The summed E-state index contributed by atoms with van der Waals surface area (Å²) in [6, 6.07) is 0. The van der Waals surface area contributed by atoms with Gasteiger partial charge in [0.2, 0.25) is 0 Å². The van der Waals surface area contributed by atoms with E-state index in [2.05, 4.69) is 6.58 Å². The highest BCUT2D eigenvalue weighted by Gasteiger charge is 2.33. The van der Waals surface area contributed by atoms with Gasteiger partial charge in [0.25, 0.3) is 0 Å². The number of carbonyl (C=O) groups excluding carboxylic acids is 1. The molecular formula is C14H24O3. The van der Waals surface area contributed by atoms with Gasteiger partial charge in [0.05, 0.1) is 12.0 Å². The minimum atomic E-state index is -0.367. The van der Waals surface area contributed by atoms with E-state index in [0.29, 0.717) is 6.42 Å². The fourth-order valence-corrected chi connectivity index (χ4v) is 1.97. The lowest BCUT2D eigenvalue weighted by molar-refractivity contribution is -0.163. The maximum atomic E-state index is 12.0. The maximum absolute atomic E-state index is 12.0. The smallest absolute Gasteiger partial charge is 0.309 e. The molecule has 0 saturated heterocycles. The molecule has 0 amide bonds. The normalized spacial score (nSPS) is 25.8. The minimum absolute atomic E-state index is 0.00559. The summed E-state index contributed by atoms with van der Waals surface area (Å²) in [5.74, 6) is -0.136. The van der Waals surface area contributed by atoms with E-state index in [9.17, 15) is 4.79 Å². The zero-order chi connectivity index (χ0) is 13.1. The average Bonchev–Trinajstić information content (AvgIpc) is 2.29. The van der Waals surface area contributed by atoms with E-state index in [-0.39, 0.29) is 23.6 Å². The highest BCUT2D eigenvalue weighted by Crippen LogP contribution is 2.31. The van der Waals surface area contributed by atoms with E-state index >= 15 is 0 Å². The topological polar surface area (TPSA) is 35.5 Å². The van der Waals surface area contributed by atoms with Crippen LogP contribution in [-0.4, -0.2) is 24.8 Å². The molecule has 1 saturated carbocycles. The average molecular weight is 240 g/mol. The fourth-order valence-electron chi connectivity index (χ4n) is 1.97. The molecule has 2 atom stereocenters. The van der Waals surface area contributed by atoms with Gasteiger partial charge in [0.15, 0.2) is 0 Å². The Bertz CT molecular complexity index is 294. The molecule has 0 aliphatic heterocycles. The lowest BCUT2D eigenvalue weighted by Gasteiger charge is -2.32. The molecule has 3 nitrogen and oxygen atoms in total. The van der Waals surface area contributed by atoms with Gasteiger partial charge < -0.3 is 9.47 Å². The molecule has 0 radical (unpaired) electrons. The Morgan fingerprint density at radius 3 is 2.71 bits per heavy atom. The SMILES string of the molecule is C=C1CCC(C(=O)OC(C)(C)CC)CC1OC. The minimum Gasteiger partial charge on any atom is -0.459 e. The van der Waals surface area contributed by atoms with Gasteiger partial charge in [-0.1, -0.05) is 13.5 Å². The van der Waals surface area contributed by atoms with Gasteiger partial charge in [-0.2, -0.15) is 0 Å². The first-order valence-corrected chi connectivity index (χ1v) is 6.33. The van der Waals surface area contributed by atoms with Crippen molar-refractivity contribution in [2.75, 3.05) is 7.11 Å². The standard InChI is InChI=1S/C14H24O3/c1-6-14(3,4)17-13(15)11-8-7-10(2)12(9-11)16-5/h11-12H,2,6-9H2,1,3-5H3. The second-order valence-corrected chi connectivity index (χ2v) is 5.39.